The lowest BCUT2D eigenvalue weighted by Crippen LogP contribution is -2.37. The maximum atomic E-state index is 12.5. The maximum Gasteiger partial charge on any atom is 0.253 e. The lowest BCUT2D eigenvalue weighted by Gasteiger charge is -2.26. The molecule has 1 aromatic rings. The van der Waals surface area contributed by atoms with E-state index in [0.717, 1.165) is 37.1 Å². The Morgan fingerprint density at radius 2 is 2.00 bits per heavy atom. The Bertz CT molecular complexity index is 569. The van der Waals surface area contributed by atoms with Crippen molar-refractivity contribution in [2.45, 2.75) is 12.8 Å². The number of benzene rings is 1. The van der Waals surface area contributed by atoms with E-state index in [-0.39, 0.29) is 11.8 Å². The van der Waals surface area contributed by atoms with Crippen molar-refractivity contribution in [3.05, 3.63) is 29.8 Å². The van der Waals surface area contributed by atoms with Gasteiger partial charge < -0.3 is 15.5 Å². The molecular weight excluding hydrogens is 310 g/mol. The van der Waals surface area contributed by atoms with Gasteiger partial charge in [0.15, 0.2) is 0 Å². The molecule has 6 heteroatoms. The molecular formula is C17H23N3O2S. The summed E-state index contributed by atoms with van der Waals surface area (Å²) in [5, 5.41) is 6.02. The molecule has 2 N–H and O–H groups in total. The first-order valence-electron chi connectivity index (χ1n) is 8.20. The van der Waals surface area contributed by atoms with Gasteiger partial charge in [0.1, 0.15) is 0 Å². The van der Waals surface area contributed by atoms with Crippen molar-refractivity contribution in [3.63, 3.8) is 0 Å². The number of hydrogen-bond acceptors (Lipinski definition) is 4. The van der Waals surface area contributed by atoms with Crippen LogP contribution in [0.2, 0.25) is 0 Å². The largest absolute Gasteiger partial charge is 0.337 e. The van der Waals surface area contributed by atoms with Crippen molar-refractivity contribution in [1.82, 2.24) is 10.2 Å². The molecule has 0 spiro atoms. The molecule has 0 atom stereocenters. The van der Waals surface area contributed by atoms with E-state index < -0.39 is 0 Å². The molecule has 0 unspecified atom stereocenters. The number of nitrogens with one attached hydrogen (secondary N) is 2. The Morgan fingerprint density at radius 1 is 1.22 bits per heavy atom. The molecule has 3 rings (SSSR count). The summed E-state index contributed by atoms with van der Waals surface area (Å²) in [4.78, 5) is 26.3. The Labute approximate surface area is 141 Å². The average molecular weight is 333 g/mol. The van der Waals surface area contributed by atoms with Crippen LogP contribution in [0.3, 0.4) is 0 Å². The van der Waals surface area contributed by atoms with Crippen molar-refractivity contribution in [3.8, 4) is 0 Å². The molecule has 5 nitrogen and oxygen atoms in total. The summed E-state index contributed by atoms with van der Waals surface area (Å²) in [5.41, 5.74) is 1.32. The summed E-state index contributed by atoms with van der Waals surface area (Å²) in [5.74, 6) is 2.73. The molecule has 0 aromatic heterocycles. The van der Waals surface area contributed by atoms with Gasteiger partial charge in [0.2, 0.25) is 5.91 Å². The fourth-order valence-electron chi connectivity index (χ4n) is 2.60. The van der Waals surface area contributed by atoms with E-state index in [4.69, 9.17) is 0 Å². The van der Waals surface area contributed by atoms with Crippen molar-refractivity contribution in [2.24, 2.45) is 5.92 Å². The van der Waals surface area contributed by atoms with Gasteiger partial charge in [-0.3, -0.25) is 9.59 Å². The number of anilines is 1. The quantitative estimate of drug-likeness (QED) is 0.833. The molecule has 124 valence electrons. The minimum absolute atomic E-state index is 0.0493. The first-order valence-corrected chi connectivity index (χ1v) is 9.35. The Balaban J connectivity index is 1.53. The van der Waals surface area contributed by atoms with Gasteiger partial charge in [0.05, 0.1) is 6.54 Å². The third kappa shape index (κ3) is 4.97. The van der Waals surface area contributed by atoms with Gasteiger partial charge in [-0.05, 0) is 43.5 Å². The van der Waals surface area contributed by atoms with Gasteiger partial charge in [-0.1, -0.05) is 6.07 Å². The highest BCUT2D eigenvalue weighted by Gasteiger charge is 2.21. The zero-order valence-electron chi connectivity index (χ0n) is 13.2. The smallest absolute Gasteiger partial charge is 0.253 e. The highest BCUT2D eigenvalue weighted by Crippen LogP contribution is 2.27. The van der Waals surface area contributed by atoms with E-state index in [0.29, 0.717) is 17.8 Å². The highest BCUT2D eigenvalue weighted by atomic mass is 32.2. The summed E-state index contributed by atoms with van der Waals surface area (Å²) < 4.78 is 0. The van der Waals surface area contributed by atoms with Crippen LogP contribution in [-0.4, -0.2) is 54.4 Å². The van der Waals surface area contributed by atoms with E-state index in [2.05, 4.69) is 10.6 Å². The number of hydrogen-bond donors (Lipinski definition) is 2. The zero-order chi connectivity index (χ0) is 16.1. The van der Waals surface area contributed by atoms with E-state index in [1.165, 1.54) is 12.8 Å². The summed E-state index contributed by atoms with van der Waals surface area (Å²) in [7, 11) is 0. The second kappa shape index (κ2) is 7.84. The zero-order valence-corrected chi connectivity index (χ0v) is 14.0. The van der Waals surface area contributed by atoms with Crippen LogP contribution in [0.15, 0.2) is 24.3 Å². The molecule has 2 aliphatic rings. The third-order valence-corrected chi connectivity index (χ3v) is 5.05. The third-order valence-electron chi connectivity index (χ3n) is 4.11. The molecule has 2 fully saturated rings. The molecule has 1 aliphatic heterocycles. The Kier molecular flexibility index (Phi) is 5.56. The van der Waals surface area contributed by atoms with Gasteiger partial charge >= 0.3 is 0 Å². The maximum absolute atomic E-state index is 12.5. The lowest BCUT2D eigenvalue weighted by atomic mass is 10.1. The molecule has 23 heavy (non-hydrogen) atoms. The topological polar surface area (TPSA) is 61.4 Å². The van der Waals surface area contributed by atoms with E-state index in [1.807, 2.05) is 34.9 Å². The molecule has 1 aliphatic carbocycles. The van der Waals surface area contributed by atoms with Crippen LogP contribution in [-0.2, 0) is 4.79 Å². The van der Waals surface area contributed by atoms with Gasteiger partial charge in [-0.15, -0.1) is 0 Å². The normalized spacial score (nSPS) is 17.8. The van der Waals surface area contributed by atoms with Crippen molar-refractivity contribution >= 4 is 29.3 Å². The average Bonchev–Trinajstić information content (AvgIpc) is 3.39. The second-order valence-corrected chi connectivity index (χ2v) is 7.33. The van der Waals surface area contributed by atoms with Gasteiger partial charge in [-0.2, -0.15) is 11.8 Å². The monoisotopic (exact) mass is 333 g/mol. The minimum atomic E-state index is -0.0652. The number of nitrogens with zero attached hydrogens (tertiary/aromatic N) is 1. The van der Waals surface area contributed by atoms with E-state index in [9.17, 15) is 9.59 Å². The van der Waals surface area contributed by atoms with Crippen LogP contribution in [0.25, 0.3) is 0 Å². The molecule has 1 saturated carbocycles. The molecule has 1 saturated heterocycles. The molecule has 0 radical (unpaired) electrons. The number of carbonyl (C=O) groups is 2. The molecule has 0 bridgehead atoms. The van der Waals surface area contributed by atoms with Crippen LogP contribution < -0.4 is 10.6 Å². The van der Waals surface area contributed by atoms with E-state index >= 15 is 0 Å². The SMILES string of the molecule is O=C(CNCC1CC1)Nc1cccc(C(=O)N2CCSCC2)c1. The number of amides is 2. The fourth-order valence-corrected chi connectivity index (χ4v) is 3.50. The van der Waals surface area contributed by atoms with Gasteiger partial charge in [-0.25, -0.2) is 0 Å². The van der Waals surface area contributed by atoms with Crippen molar-refractivity contribution in [2.75, 3.05) is 43.0 Å². The number of rotatable bonds is 6. The number of thioether (sulfide) groups is 1. The van der Waals surface area contributed by atoms with Crippen LogP contribution in [0.1, 0.15) is 23.2 Å². The van der Waals surface area contributed by atoms with Crippen LogP contribution in [0.4, 0.5) is 5.69 Å². The number of carbonyl (C=O) groups excluding carboxylic acids is 2. The standard InChI is InChI=1S/C17H23N3O2S/c21-16(12-18-11-13-4-5-13)19-15-3-1-2-14(10-15)17(22)20-6-8-23-9-7-20/h1-3,10,13,18H,4-9,11-12H2,(H,19,21). The predicted molar refractivity (Wildman–Crippen MR) is 93.9 cm³/mol. The summed E-state index contributed by atoms with van der Waals surface area (Å²) >= 11 is 1.88. The molecule has 1 heterocycles. The molecule has 2 amide bonds. The fraction of sp³-hybridized carbons (Fsp3) is 0.529. The first kappa shape index (κ1) is 16.3. The van der Waals surface area contributed by atoms with Crippen LogP contribution in [0.5, 0.6) is 0 Å². The Hall–Kier alpha value is -1.53. The van der Waals surface area contributed by atoms with Crippen LogP contribution >= 0.6 is 11.8 Å². The first-order chi connectivity index (χ1) is 11.2. The lowest BCUT2D eigenvalue weighted by molar-refractivity contribution is -0.115. The summed E-state index contributed by atoms with van der Waals surface area (Å²) in [6.07, 6.45) is 2.54. The highest BCUT2D eigenvalue weighted by molar-refractivity contribution is 7.99. The molecule has 1 aromatic carbocycles. The van der Waals surface area contributed by atoms with Crippen LogP contribution in [0, 0.1) is 5.92 Å². The Morgan fingerprint density at radius 3 is 2.74 bits per heavy atom. The predicted octanol–water partition coefficient (Wildman–Crippen LogP) is 1.81. The minimum Gasteiger partial charge on any atom is -0.337 e. The summed E-state index contributed by atoms with van der Waals surface area (Å²) in [6, 6.07) is 7.22. The van der Waals surface area contributed by atoms with Gasteiger partial charge in [0.25, 0.3) is 5.91 Å². The van der Waals surface area contributed by atoms with Crippen molar-refractivity contribution < 1.29 is 9.59 Å². The summed E-state index contributed by atoms with van der Waals surface area (Å²) in [6.45, 7) is 2.83. The second-order valence-electron chi connectivity index (χ2n) is 6.11. The van der Waals surface area contributed by atoms with Crippen molar-refractivity contribution in [1.29, 1.82) is 0 Å². The van der Waals surface area contributed by atoms with Gasteiger partial charge in [0, 0.05) is 35.8 Å². The van der Waals surface area contributed by atoms with E-state index in [1.54, 1.807) is 6.07 Å².